The van der Waals surface area contributed by atoms with E-state index in [4.69, 9.17) is 0 Å². The van der Waals surface area contributed by atoms with Gasteiger partial charge in [-0.2, -0.15) is 0 Å². The average Bonchev–Trinajstić information content (AvgIpc) is 2.77. The molecule has 2 unspecified atom stereocenters. The molecule has 4 rings (SSSR count). The van der Waals surface area contributed by atoms with Crippen LogP contribution in [0.25, 0.3) is 10.9 Å². The van der Waals surface area contributed by atoms with E-state index in [0.29, 0.717) is 12.3 Å². The number of benzene rings is 1. The first-order valence-electron chi connectivity index (χ1n) is 9.39. The molecule has 0 saturated heterocycles. The van der Waals surface area contributed by atoms with Crippen molar-refractivity contribution in [3.8, 4) is 0 Å². The van der Waals surface area contributed by atoms with Crippen molar-refractivity contribution in [2.24, 2.45) is 7.05 Å². The Morgan fingerprint density at radius 2 is 2.04 bits per heavy atom. The molecule has 1 aliphatic heterocycles. The third kappa shape index (κ3) is 2.93. The van der Waals surface area contributed by atoms with Crippen molar-refractivity contribution < 1.29 is 5.11 Å². The zero-order valence-electron chi connectivity index (χ0n) is 15.8. The predicted molar refractivity (Wildman–Crippen MR) is 105 cm³/mol. The summed E-state index contributed by atoms with van der Waals surface area (Å²) in [7, 11) is 2.16. The molecule has 2 aromatic heterocycles. The number of aliphatic hydroxyl groups is 1. The van der Waals surface area contributed by atoms with Crippen molar-refractivity contribution in [2.45, 2.75) is 44.8 Å². The van der Waals surface area contributed by atoms with Gasteiger partial charge in [0, 0.05) is 48.5 Å². The summed E-state index contributed by atoms with van der Waals surface area (Å²) in [6, 6.07) is 10.5. The highest BCUT2D eigenvalue weighted by atomic mass is 16.3. The average molecular weight is 349 g/mol. The predicted octanol–water partition coefficient (Wildman–Crippen LogP) is 3.76. The van der Waals surface area contributed by atoms with E-state index in [1.165, 1.54) is 27.7 Å². The van der Waals surface area contributed by atoms with Crippen molar-refractivity contribution in [1.29, 1.82) is 0 Å². The molecule has 0 radical (unpaired) electrons. The maximum atomic E-state index is 11.2. The smallest absolute Gasteiger partial charge is 0.0876 e. The lowest BCUT2D eigenvalue weighted by Crippen LogP contribution is -2.26. The summed E-state index contributed by atoms with van der Waals surface area (Å²) in [5.74, 6) is 0.306. The number of hydrogen-bond donors (Lipinski definition) is 2. The third-order valence-corrected chi connectivity index (χ3v) is 5.81. The van der Waals surface area contributed by atoms with Crippen molar-refractivity contribution >= 4 is 10.9 Å². The van der Waals surface area contributed by atoms with E-state index in [9.17, 15) is 5.11 Å². The summed E-state index contributed by atoms with van der Waals surface area (Å²) in [6.07, 6.45) is 5.24. The van der Waals surface area contributed by atoms with Crippen LogP contribution in [0, 0.1) is 6.92 Å². The molecule has 0 saturated carbocycles. The molecule has 3 heterocycles. The lowest BCUT2D eigenvalue weighted by molar-refractivity contribution is 0.0384. The molecule has 136 valence electrons. The fourth-order valence-corrected chi connectivity index (χ4v) is 4.49. The molecule has 0 fully saturated rings. The van der Waals surface area contributed by atoms with Gasteiger partial charge in [0.15, 0.2) is 0 Å². The van der Waals surface area contributed by atoms with Crippen molar-refractivity contribution in [2.75, 3.05) is 6.54 Å². The van der Waals surface area contributed by atoms with E-state index >= 15 is 0 Å². The fraction of sp³-hybridized carbons (Fsp3) is 0.409. The number of pyridine rings is 1. The van der Waals surface area contributed by atoms with E-state index in [1.54, 1.807) is 12.4 Å². The molecule has 2 atom stereocenters. The Bertz CT molecular complexity index is 927. The molecule has 0 amide bonds. The van der Waals surface area contributed by atoms with Crippen LogP contribution in [0.15, 0.2) is 42.7 Å². The third-order valence-electron chi connectivity index (χ3n) is 5.81. The van der Waals surface area contributed by atoms with E-state index < -0.39 is 5.60 Å². The van der Waals surface area contributed by atoms with Crippen LogP contribution in [0.3, 0.4) is 0 Å². The van der Waals surface area contributed by atoms with E-state index in [-0.39, 0.29) is 0 Å². The molecular formula is C22H27N3O. The zero-order valence-corrected chi connectivity index (χ0v) is 15.8. The molecule has 3 aromatic rings. The maximum Gasteiger partial charge on any atom is 0.0876 e. The van der Waals surface area contributed by atoms with Gasteiger partial charge in [0.25, 0.3) is 0 Å². The molecule has 4 nitrogen and oxygen atoms in total. The molecule has 4 heteroatoms. The standard InChI is InChI=1S/C22H27N3O/c1-15-4-5-20-18(12-15)19-14-24-9-6-16(21(19)25(20)3)13-22(2,26)17-7-10-23-11-8-17/h4-5,7-8,10-12,16,24,26H,6,9,13-14H2,1-3H3. The number of aromatic nitrogens is 2. The molecule has 26 heavy (non-hydrogen) atoms. The first kappa shape index (κ1) is 17.3. The lowest BCUT2D eigenvalue weighted by atomic mass is 9.82. The first-order chi connectivity index (χ1) is 12.5. The second-order valence-corrected chi connectivity index (χ2v) is 7.82. The maximum absolute atomic E-state index is 11.2. The summed E-state index contributed by atoms with van der Waals surface area (Å²) >= 11 is 0. The molecule has 1 aliphatic rings. The van der Waals surface area contributed by atoms with Crippen molar-refractivity contribution in [3.63, 3.8) is 0 Å². The Kier molecular flexibility index (Phi) is 4.33. The fourth-order valence-electron chi connectivity index (χ4n) is 4.49. The van der Waals surface area contributed by atoms with Crippen LogP contribution in [-0.4, -0.2) is 21.2 Å². The van der Waals surface area contributed by atoms with Crippen LogP contribution < -0.4 is 5.32 Å². The largest absolute Gasteiger partial charge is 0.385 e. The van der Waals surface area contributed by atoms with E-state index in [1.807, 2.05) is 19.1 Å². The Hall–Kier alpha value is -2.17. The minimum absolute atomic E-state index is 0.306. The molecular weight excluding hydrogens is 322 g/mol. The van der Waals surface area contributed by atoms with Crippen LogP contribution in [0.4, 0.5) is 0 Å². The van der Waals surface area contributed by atoms with Crippen LogP contribution in [0.2, 0.25) is 0 Å². The second kappa shape index (κ2) is 6.53. The Balaban J connectivity index is 1.79. The van der Waals surface area contributed by atoms with Gasteiger partial charge in [-0.15, -0.1) is 0 Å². The summed E-state index contributed by atoms with van der Waals surface area (Å²) in [5.41, 5.74) is 5.38. The minimum Gasteiger partial charge on any atom is -0.385 e. The van der Waals surface area contributed by atoms with Crippen molar-refractivity contribution in [1.82, 2.24) is 14.9 Å². The van der Waals surface area contributed by atoms with Crippen LogP contribution in [0.1, 0.15) is 48.1 Å². The monoisotopic (exact) mass is 349 g/mol. The number of rotatable bonds is 3. The highest BCUT2D eigenvalue weighted by molar-refractivity contribution is 5.86. The van der Waals surface area contributed by atoms with E-state index in [2.05, 4.69) is 47.0 Å². The van der Waals surface area contributed by atoms with Crippen molar-refractivity contribution in [3.05, 3.63) is 65.1 Å². The van der Waals surface area contributed by atoms with Gasteiger partial charge in [0.2, 0.25) is 0 Å². The van der Waals surface area contributed by atoms with Crippen LogP contribution >= 0.6 is 0 Å². The second-order valence-electron chi connectivity index (χ2n) is 7.82. The lowest BCUT2D eigenvalue weighted by Gasteiger charge is -2.29. The molecule has 0 spiro atoms. The number of aryl methyl sites for hydroxylation is 2. The zero-order chi connectivity index (χ0) is 18.3. The topological polar surface area (TPSA) is 50.1 Å². The van der Waals surface area contributed by atoms with Gasteiger partial charge in [-0.05, 0) is 68.6 Å². The molecule has 2 N–H and O–H groups in total. The van der Waals surface area contributed by atoms with Crippen LogP contribution in [-0.2, 0) is 19.2 Å². The highest BCUT2D eigenvalue weighted by Gasteiger charge is 2.32. The number of nitrogens with zero attached hydrogens (tertiary/aromatic N) is 2. The quantitative estimate of drug-likeness (QED) is 0.757. The van der Waals surface area contributed by atoms with Crippen LogP contribution in [0.5, 0.6) is 0 Å². The number of nitrogens with one attached hydrogen (secondary N) is 1. The van der Waals surface area contributed by atoms with Gasteiger partial charge < -0.3 is 15.0 Å². The normalized spacial score (nSPS) is 19.8. The summed E-state index contributed by atoms with van der Waals surface area (Å²) < 4.78 is 2.34. The Labute approximate surface area is 154 Å². The minimum atomic E-state index is -0.873. The summed E-state index contributed by atoms with van der Waals surface area (Å²) in [4.78, 5) is 4.08. The van der Waals surface area contributed by atoms with Gasteiger partial charge >= 0.3 is 0 Å². The SMILES string of the molecule is Cc1ccc2c(c1)c1c(n2C)C(CC(C)(O)c2ccncc2)CCNC1. The number of fused-ring (bicyclic) bond motifs is 3. The van der Waals surface area contributed by atoms with E-state index in [0.717, 1.165) is 25.1 Å². The summed E-state index contributed by atoms with van der Waals surface area (Å²) in [5, 5.41) is 16.1. The Morgan fingerprint density at radius 3 is 2.81 bits per heavy atom. The van der Waals surface area contributed by atoms with Gasteiger partial charge in [-0.1, -0.05) is 11.6 Å². The summed E-state index contributed by atoms with van der Waals surface area (Å²) in [6.45, 7) is 5.94. The van der Waals surface area contributed by atoms with Gasteiger partial charge in [-0.25, -0.2) is 0 Å². The highest BCUT2D eigenvalue weighted by Crippen LogP contribution is 2.40. The van der Waals surface area contributed by atoms with Gasteiger partial charge in [0.1, 0.15) is 0 Å². The number of hydrogen-bond acceptors (Lipinski definition) is 3. The molecule has 1 aromatic carbocycles. The Morgan fingerprint density at radius 1 is 1.27 bits per heavy atom. The van der Waals surface area contributed by atoms with Gasteiger partial charge in [-0.3, -0.25) is 4.98 Å². The molecule has 0 aliphatic carbocycles. The van der Waals surface area contributed by atoms with Gasteiger partial charge in [0.05, 0.1) is 5.60 Å². The first-order valence-corrected chi connectivity index (χ1v) is 9.39. The molecule has 0 bridgehead atoms.